The largest absolute Gasteiger partial charge is 0.310 e. The quantitative estimate of drug-likeness (QED) is 0.113. The molecule has 0 radical (unpaired) electrons. The van der Waals surface area contributed by atoms with Crippen molar-refractivity contribution in [3.05, 3.63) is 411 Å². The van der Waals surface area contributed by atoms with Crippen LogP contribution in [0.25, 0.3) is 143 Å². The molecule has 8 nitrogen and oxygen atoms in total. The van der Waals surface area contributed by atoms with Crippen molar-refractivity contribution in [3.8, 4) is 80.2 Å². The Morgan fingerprint density at radius 3 is 0.857 bits per heavy atom. The van der Waals surface area contributed by atoms with E-state index in [1.807, 2.05) is 66.7 Å². The third-order valence-electron chi connectivity index (χ3n) is 21.7. The number of hydrogen-bond acceptors (Lipinski definition) is 6. The average Bonchev–Trinajstić information content (AvgIpc) is 1.12. The van der Waals surface area contributed by atoms with Crippen LogP contribution in [0.1, 0.15) is 22.3 Å². The Morgan fingerprint density at radius 2 is 0.473 bits per heavy atom. The van der Waals surface area contributed by atoms with E-state index in [0.29, 0.717) is 22.3 Å². The molecule has 2 aromatic heterocycles. The molecule has 0 aliphatic rings. The molecule has 8 heteroatoms. The Bertz CT molecular complexity index is 7060. The van der Waals surface area contributed by atoms with Crippen LogP contribution in [0.15, 0.2) is 388 Å². The van der Waals surface area contributed by atoms with Gasteiger partial charge in [-0.3, -0.25) is 0 Å². The van der Waals surface area contributed by atoms with Crippen molar-refractivity contribution in [1.29, 1.82) is 21.0 Å². The van der Waals surface area contributed by atoms with Crippen LogP contribution in [0.5, 0.6) is 0 Å². The average molecular weight is 1430 g/mol. The minimum Gasteiger partial charge on any atom is -0.310 e. The van der Waals surface area contributed by atoms with Crippen LogP contribution in [0.2, 0.25) is 0 Å². The number of hydrogen-bond donors (Lipinski definition) is 0. The van der Waals surface area contributed by atoms with Gasteiger partial charge in [0.25, 0.3) is 0 Å². The molecule has 20 aromatic rings. The molecule has 0 spiro atoms. The van der Waals surface area contributed by atoms with Gasteiger partial charge in [0.15, 0.2) is 0 Å². The highest BCUT2D eigenvalue weighted by atomic mass is 15.2. The summed E-state index contributed by atoms with van der Waals surface area (Å²) in [4.78, 5) is 4.66. The fraction of sp³-hybridized carbons (Fsp3) is 0. The number of nitrogens with zero attached hydrogens (tertiary/aromatic N) is 8. The molecule has 20 rings (SSSR count). The van der Waals surface area contributed by atoms with Gasteiger partial charge in [0, 0.05) is 66.7 Å². The van der Waals surface area contributed by atoms with Crippen molar-refractivity contribution in [2.45, 2.75) is 0 Å². The first kappa shape index (κ1) is 66.8. The first-order valence-corrected chi connectivity index (χ1v) is 37.3. The van der Waals surface area contributed by atoms with Crippen molar-refractivity contribution in [3.63, 3.8) is 0 Å². The van der Waals surface area contributed by atoms with Crippen LogP contribution in [-0.2, 0) is 0 Å². The lowest BCUT2D eigenvalue weighted by Gasteiger charge is -2.29. The fourth-order valence-corrected chi connectivity index (χ4v) is 16.7. The van der Waals surface area contributed by atoms with Gasteiger partial charge >= 0.3 is 0 Å². The lowest BCUT2D eigenvalue weighted by atomic mass is 9.84. The predicted octanol–water partition coefficient (Wildman–Crippen LogP) is 27.3. The van der Waals surface area contributed by atoms with E-state index in [4.69, 9.17) is 0 Å². The standard InChI is InChI=1S/2C52H32N4/c53-33-35-21-25-37(26-22-35)50-44-15-4-5-16-45(44)51(38-27-23-36(34-54)24-28-38)52-46(50)17-10-20-49(52)55(39-11-2-1-3-12-39)40-29-31-41(32-30-40)56-47-18-8-6-13-42(47)43-14-7-9-19-48(43)56;53-33-35-18-22-37(23-19-35)51-45-14-4-5-15-46(45)52(38-24-20-36(34-54)21-25-38)48-32-42(30-31-47(48)51)55(39-10-2-1-3-11-39)40-26-28-41(29-27-40)56-49-16-8-6-12-43(49)44-13-7-9-17-50(44)56/h2*1-32H. The van der Waals surface area contributed by atoms with Crippen LogP contribution in [0.3, 0.4) is 0 Å². The van der Waals surface area contributed by atoms with Gasteiger partial charge in [0.1, 0.15) is 0 Å². The molecule has 0 bridgehead atoms. The Morgan fingerprint density at radius 1 is 0.196 bits per heavy atom. The van der Waals surface area contributed by atoms with E-state index in [9.17, 15) is 21.0 Å². The molecule has 0 atom stereocenters. The summed E-state index contributed by atoms with van der Waals surface area (Å²) in [5.41, 5.74) is 24.1. The van der Waals surface area contributed by atoms with E-state index in [1.165, 1.54) is 43.6 Å². The topological polar surface area (TPSA) is 111 Å². The van der Waals surface area contributed by atoms with E-state index in [2.05, 4.69) is 365 Å². The number of benzene rings is 18. The molecule has 112 heavy (non-hydrogen) atoms. The second kappa shape index (κ2) is 28.5. The zero-order valence-electron chi connectivity index (χ0n) is 60.5. The third kappa shape index (κ3) is 11.6. The van der Waals surface area contributed by atoms with Crippen molar-refractivity contribution in [1.82, 2.24) is 9.13 Å². The number of para-hydroxylation sites is 6. The summed E-state index contributed by atoms with van der Waals surface area (Å²) in [5.74, 6) is 0. The number of rotatable bonds is 12. The summed E-state index contributed by atoms with van der Waals surface area (Å²) in [6.45, 7) is 0. The lowest BCUT2D eigenvalue weighted by Crippen LogP contribution is -2.11. The van der Waals surface area contributed by atoms with Crippen LogP contribution in [0, 0.1) is 45.3 Å². The maximum Gasteiger partial charge on any atom is 0.0991 e. The third-order valence-corrected chi connectivity index (χ3v) is 21.7. The Kier molecular flexibility index (Phi) is 17.0. The maximum absolute atomic E-state index is 9.72. The van der Waals surface area contributed by atoms with Crippen molar-refractivity contribution >= 4 is 121 Å². The smallest absolute Gasteiger partial charge is 0.0991 e. The SMILES string of the molecule is N#Cc1ccc(-c2c3ccccc3c(-c3ccc(C#N)cc3)c3c(N(c4ccccc4)c4ccc(-n5c6ccccc6c6ccccc65)cc4)cccc23)cc1.N#Cc1ccc(-c2c3ccccc3c(-c3ccc(C#N)cc3)c3cc(N(c4ccccc4)c4ccc(-n5c6ccccc6c6ccccc65)cc4)ccc23)cc1. The van der Waals surface area contributed by atoms with Gasteiger partial charge in [0.2, 0.25) is 0 Å². The van der Waals surface area contributed by atoms with Gasteiger partial charge in [-0.05, 0) is 246 Å². The van der Waals surface area contributed by atoms with E-state index in [1.54, 1.807) is 0 Å². The first-order chi connectivity index (χ1) is 55.4. The van der Waals surface area contributed by atoms with Gasteiger partial charge < -0.3 is 18.9 Å². The Hall–Kier alpha value is -15.8. The summed E-state index contributed by atoms with van der Waals surface area (Å²) in [7, 11) is 0. The molecule has 0 aliphatic heterocycles. The monoisotopic (exact) mass is 1420 g/mol. The molecule has 0 saturated heterocycles. The highest BCUT2D eigenvalue weighted by Gasteiger charge is 2.26. The zero-order valence-corrected chi connectivity index (χ0v) is 60.5. The van der Waals surface area contributed by atoms with Gasteiger partial charge in [0.05, 0.1) is 74.3 Å². The molecule has 18 aromatic carbocycles. The molecule has 0 unspecified atom stereocenters. The van der Waals surface area contributed by atoms with Gasteiger partial charge in [-0.1, -0.05) is 224 Å². The van der Waals surface area contributed by atoms with Crippen LogP contribution >= 0.6 is 0 Å². The predicted molar refractivity (Wildman–Crippen MR) is 462 cm³/mol. The Labute approximate surface area is 647 Å². The molecule has 520 valence electrons. The van der Waals surface area contributed by atoms with E-state index < -0.39 is 0 Å². The van der Waals surface area contributed by atoms with Gasteiger partial charge in [-0.25, -0.2) is 0 Å². The highest BCUT2D eigenvalue weighted by molar-refractivity contribution is 6.26. The summed E-state index contributed by atoms with van der Waals surface area (Å²) < 4.78 is 4.69. The lowest BCUT2D eigenvalue weighted by molar-refractivity contribution is 1.17. The van der Waals surface area contributed by atoms with Crippen LogP contribution in [-0.4, -0.2) is 9.13 Å². The zero-order chi connectivity index (χ0) is 75.2. The maximum atomic E-state index is 9.72. The Balaban J connectivity index is 0.000000151. The van der Waals surface area contributed by atoms with Crippen molar-refractivity contribution < 1.29 is 0 Å². The van der Waals surface area contributed by atoms with Crippen molar-refractivity contribution in [2.24, 2.45) is 0 Å². The van der Waals surface area contributed by atoms with Crippen molar-refractivity contribution in [2.75, 3.05) is 9.80 Å². The molecule has 0 aliphatic carbocycles. The summed E-state index contributed by atoms with van der Waals surface area (Å²) in [6.07, 6.45) is 0. The minimum atomic E-state index is 0.617. The van der Waals surface area contributed by atoms with E-state index in [0.717, 1.165) is 133 Å². The minimum absolute atomic E-state index is 0.617. The first-order valence-electron chi connectivity index (χ1n) is 37.3. The van der Waals surface area contributed by atoms with Gasteiger partial charge in [-0.15, -0.1) is 0 Å². The molecule has 0 fully saturated rings. The normalized spacial score (nSPS) is 11.2. The van der Waals surface area contributed by atoms with Gasteiger partial charge in [-0.2, -0.15) is 21.0 Å². The molecule has 0 saturated carbocycles. The number of nitriles is 4. The van der Waals surface area contributed by atoms with E-state index >= 15 is 0 Å². The highest BCUT2D eigenvalue weighted by Crippen LogP contribution is 2.52. The molecular weight excluding hydrogens is 1360 g/mol. The second-order valence-electron chi connectivity index (χ2n) is 27.9. The molecule has 0 amide bonds. The van der Waals surface area contributed by atoms with Crippen LogP contribution in [0.4, 0.5) is 34.1 Å². The fourth-order valence-electron chi connectivity index (χ4n) is 16.7. The number of fused-ring (bicyclic) bond motifs is 10. The molecular formula is C104H64N8. The molecule has 2 heterocycles. The molecule has 0 N–H and O–H groups in total. The summed E-state index contributed by atoms with van der Waals surface area (Å²) in [6, 6.07) is 144. The van der Waals surface area contributed by atoms with E-state index in [-0.39, 0.29) is 0 Å². The van der Waals surface area contributed by atoms with Crippen LogP contribution < -0.4 is 9.80 Å². The summed E-state index contributed by atoms with van der Waals surface area (Å²) in [5, 5.41) is 52.3. The number of anilines is 6. The summed E-state index contributed by atoms with van der Waals surface area (Å²) >= 11 is 0. The number of aromatic nitrogens is 2. The second-order valence-corrected chi connectivity index (χ2v) is 27.9.